The standard InChI is InChI=1S/C19H19N3O4/c1-12-4-3-11-22-16(12)21-18(24)15(19(22)25)17(23)20-10-9-13-5-7-14(26-2)8-6-13/h3-8,11,15H,9-10H2,1-2H3,(H,20,23). The first-order valence-corrected chi connectivity index (χ1v) is 8.23. The number of nitrogens with one attached hydrogen (secondary N) is 1. The van der Waals surface area contributed by atoms with Gasteiger partial charge in [0, 0.05) is 12.7 Å². The fraction of sp³-hybridized carbons (Fsp3) is 0.263. The third-order valence-corrected chi connectivity index (χ3v) is 4.24. The van der Waals surface area contributed by atoms with Gasteiger partial charge >= 0.3 is 0 Å². The molecule has 0 spiro atoms. The van der Waals surface area contributed by atoms with Crippen LogP contribution in [-0.2, 0) is 20.8 Å². The maximum Gasteiger partial charge on any atom is 0.269 e. The summed E-state index contributed by atoms with van der Waals surface area (Å²) in [5.41, 5.74) is 1.71. The third-order valence-electron chi connectivity index (χ3n) is 4.24. The van der Waals surface area contributed by atoms with E-state index in [0.717, 1.165) is 11.3 Å². The Morgan fingerprint density at radius 2 is 2.00 bits per heavy atom. The Morgan fingerprint density at radius 3 is 2.69 bits per heavy atom. The molecule has 2 heterocycles. The summed E-state index contributed by atoms with van der Waals surface area (Å²) in [7, 11) is 1.59. The van der Waals surface area contributed by atoms with Crippen LogP contribution >= 0.6 is 0 Å². The van der Waals surface area contributed by atoms with Crippen molar-refractivity contribution in [1.29, 1.82) is 0 Å². The molecule has 0 aliphatic carbocycles. The van der Waals surface area contributed by atoms with Crippen LogP contribution in [0, 0.1) is 5.92 Å². The minimum Gasteiger partial charge on any atom is -0.497 e. The number of ether oxygens (including phenoxy) is 1. The van der Waals surface area contributed by atoms with Gasteiger partial charge < -0.3 is 10.1 Å². The molecule has 7 heteroatoms. The van der Waals surface area contributed by atoms with Crippen LogP contribution in [0.15, 0.2) is 53.2 Å². The summed E-state index contributed by atoms with van der Waals surface area (Å²) < 4.78 is 5.09. The van der Waals surface area contributed by atoms with Gasteiger partial charge in [0.05, 0.1) is 7.11 Å². The van der Waals surface area contributed by atoms with E-state index in [1.54, 1.807) is 26.2 Å². The molecule has 0 saturated heterocycles. The van der Waals surface area contributed by atoms with Gasteiger partial charge in [0.25, 0.3) is 11.8 Å². The number of hydrogen-bond donors (Lipinski definition) is 1. The van der Waals surface area contributed by atoms with E-state index in [9.17, 15) is 14.4 Å². The van der Waals surface area contributed by atoms with Gasteiger partial charge in [-0.05, 0) is 42.7 Å². The zero-order valence-corrected chi connectivity index (χ0v) is 14.6. The summed E-state index contributed by atoms with van der Waals surface area (Å²) in [6, 6.07) is 7.46. The van der Waals surface area contributed by atoms with Gasteiger partial charge in [0.1, 0.15) is 11.6 Å². The van der Waals surface area contributed by atoms with Crippen LogP contribution in [0.5, 0.6) is 5.75 Å². The maximum atomic E-state index is 12.5. The first-order valence-electron chi connectivity index (χ1n) is 8.23. The van der Waals surface area contributed by atoms with Crippen molar-refractivity contribution < 1.29 is 19.1 Å². The van der Waals surface area contributed by atoms with Crippen LogP contribution in [0.25, 0.3) is 0 Å². The largest absolute Gasteiger partial charge is 0.497 e. The van der Waals surface area contributed by atoms with Crippen molar-refractivity contribution in [2.45, 2.75) is 13.3 Å². The van der Waals surface area contributed by atoms with E-state index in [0.29, 0.717) is 18.5 Å². The Balaban J connectivity index is 1.62. The number of methoxy groups -OCH3 is 1. The first-order chi connectivity index (χ1) is 12.5. The number of amides is 3. The number of carbonyl (C=O) groups is 3. The van der Waals surface area contributed by atoms with Gasteiger partial charge in [0.2, 0.25) is 5.91 Å². The van der Waals surface area contributed by atoms with Crippen LogP contribution in [0.4, 0.5) is 0 Å². The molecule has 0 bridgehead atoms. The lowest BCUT2D eigenvalue weighted by atomic mass is 10.0. The molecule has 1 aromatic carbocycles. The Hall–Kier alpha value is -3.22. The van der Waals surface area contributed by atoms with Gasteiger partial charge in [-0.15, -0.1) is 0 Å². The van der Waals surface area contributed by atoms with Crippen molar-refractivity contribution in [2.24, 2.45) is 10.9 Å². The minimum atomic E-state index is -1.44. The Kier molecular flexibility index (Phi) is 4.97. The van der Waals surface area contributed by atoms with Gasteiger partial charge in [0.15, 0.2) is 5.92 Å². The van der Waals surface area contributed by atoms with E-state index in [1.165, 1.54) is 11.1 Å². The Morgan fingerprint density at radius 1 is 1.27 bits per heavy atom. The molecule has 0 fully saturated rings. The highest BCUT2D eigenvalue weighted by atomic mass is 16.5. The van der Waals surface area contributed by atoms with Crippen LogP contribution in [0.2, 0.25) is 0 Å². The van der Waals surface area contributed by atoms with Crippen molar-refractivity contribution in [3.8, 4) is 5.75 Å². The molecule has 0 radical (unpaired) electrons. The highest BCUT2D eigenvalue weighted by Gasteiger charge is 2.42. The van der Waals surface area contributed by atoms with Crippen LogP contribution in [-0.4, -0.2) is 42.1 Å². The molecule has 3 amide bonds. The monoisotopic (exact) mass is 353 g/mol. The number of benzene rings is 1. The normalized spacial score (nSPS) is 18.8. The van der Waals surface area contributed by atoms with Crippen LogP contribution in [0.3, 0.4) is 0 Å². The summed E-state index contributed by atoms with van der Waals surface area (Å²) in [6.07, 6.45) is 5.52. The zero-order valence-electron chi connectivity index (χ0n) is 14.6. The number of carbonyl (C=O) groups excluding carboxylic acids is 3. The molecule has 134 valence electrons. The number of amidine groups is 1. The second-order valence-electron chi connectivity index (χ2n) is 6.00. The summed E-state index contributed by atoms with van der Waals surface area (Å²) in [4.78, 5) is 42.2. The summed E-state index contributed by atoms with van der Waals surface area (Å²) >= 11 is 0. The van der Waals surface area contributed by atoms with Gasteiger partial charge in [-0.1, -0.05) is 18.2 Å². The second-order valence-corrected chi connectivity index (χ2v) is 6.00. The molecule has 2 aliphatic rings. The van der Waals surface area contributed by atoms with Crippen LogP contribution in [0.1, 0.15) is 12.5 Å². The van der Waals surface area contributed by atoms with Crippen molar-refractivity contribution in [1.82, 2.24) is 10.2 Å². The number of hydrogen-bond acceptors (Lipinski definition) is 4. The summed E-state index contributed by atoms with van der Waals surface area (Å²) in [5.74, 6) is -2.34. The van der Waals surface area contributed by atoms with Crippen molar-refractivity contribution >= 4 is 23.6 Å². The van der Waals surface area contributed by atoms with Gasteiger partial charge in [-0.2, -0.15) is 4.99 Å². The SMILES string of the molecule is COc1ccc(CCNC(=O)C2C(=O)N=C3C(C)=CC=CN3C2=O)cc1. The molecule has 1 aromatic rings. The van der Waals surface area contributed by atoms with Crippen molar-refractivity contribution in [3.63, 3.8) is 0 Å². The predicted molar refractivity (Wildman–Crippen MR) is 95.4 cm³/mol. The van der Waals surface area contributed by atoms with E-state index >= 15 is 0 Å². The lowest BCUT2D eigenvalue weighted by Crippen LogP contribution is -2.51. The average molecular weight is 353 g/mol. The molecule has 3 rings (SSSR count). The van der Waals surface area contributed by atoms with Gasteiger partial charge in [-0.3, -0.25) is 19.3 Å². The average Bonchev–Trinajstić information content (AvgIpc) is 2.63. The molecule has 2 aliphatic heterocycles. The van der Waals surface area contributed by atoms with E-state index < -0.39 is 23.6 Å². The molecule has 0 aromatic heterocycles. The highest BCUT2D eigenvalue weighted by Crippen LogP contribution is 2.21. The number of aliphatic imine (C=N–C) groups is 1. The predicted octanol–water partition coefficient (Wildman–Crippen LogP) is 1.21. The van der Waals surface area contributed by atoms with Crippen molar-refractivity contribution in [2.75, 3.05) is 13.7 Å². The number of fused-ring (bicyclic) bond motifs is 1. The number of nitrogens with zero attached hydrogens (tertiary/aromatic N) is 2. The van der Waals surface area contributed by atoms with Crippen molar-refractivity contribution in [3.05, 3.63) is 53.8 Å². The molecule has 1 N–H and O–H groups in total. The highest BCUT2D eigenvalue weighted by molar-refractivity contribution is 6.28. The quantitative estimate of drug-likeness (QED) is 0.806. The van der Waals surface area contributed by atoms with E-state index in [4.69, 9.17) is 4.74 Å². The molecular weight excluding hydrogens is 334 g/mol. The molecule has 1 unspecified atom stereocenters. The number of rotatable bonds is 5. The van der Waals surface area contributed by atoms with Crippen LogP contribution < -0.4 is 10.1 Å². The Bertz CT molecular complexity index is 837. The second kappa shape index (κ2) is 7.35. The fourth-order valence-electron chi connectivity index (χ4n) is 2.79. The van der Waals surface area contributed by atoms with E-state index in [-0.39, 0.29) is 5.84 Å². The minimum absolute atomic E-state index is 0.282. The molecule has 26 heavy (non-hydrogen) atoms. The summed E-state index contributed by atoms with van der Waals surface area (Å²) in [6.45, 7) is 2.07. The van der Waals surface area contributed by atoms with Gasteiger partial charge in [-0.25, -0.2) is 0 Å². The van der Waals surface area contributed by atoms with E-state index in [1.807, 2.05) is 24.3 Å². The maximum absolute atomic E-state index is 12.5. The smallest absolute Gasteiger partial charge is 0.269 e. The van der Waals surface area contributed by atoms with E-state index in [2.05, 4.69) is 10.3 Å². The number of allylic oxidation sites excluding steroid dienone is 2. The zero-order chi connectivity index (χ0) is 18.7. The molecular formula is C19H19N3O4. The molecule has 0 saturated carbocycles. The lowest BCUT2D eigenvalue weighted by Gasteiger charge is -2.29. The Labute approximate surface area is 151 Å². The topological polar surface area (TPSA) is 88.1 Å². The molecule has 1 atom stereocenters. The first kappa shape index (κ1) is 17.6. The fourth-order valence-corrected chi connectivity index (χ4v) is 2.79. The molecule has 7 nitrogen and oxygen atoms in total. The lowest BCUT2D eigenvalue weighted by molar-refractivity contribution is -0.144. The summed E-state index contributed by atoms with van der Waals surface area (Å²) in [5, 5.41) is 2.65. The third kappa shape index (κ3) is 3.42.